The van der Waals surface area contributed by atoms with Gasteiger partial charge in [0, 0.05) is 12.8 Å². The quantitative estimate of drug-likeness (QED) is 0.187. The van der Waals surface area contributed by atoms with Crippen molar-refractivity contribution >= 4 is 36.8 Å². The first-order valence-corrected chi connectivity index (χ1v) is 16.5. The lowest BCUT2D eigenvalue weighted by Crippen LogP contribution is -2.65. The highest BCUT2D eigenvalue weighted by molar-refractivity contribution is 6.48. The van der Waals surface area contributed by atoms with Crippen molar-refractivity contribution < 1.29 is 38.0 Å². The van der Waals surface area contributed by atoms with Crippen LogP contribution in [0.15, 0.2) is 30.3 Å². The monoisotopic (exact) mass is 655 g/mol. The Bertz CT molecular complexity index is 1330. The van der Waals surface area contributed by atoms with Crippen molar-refractivity contribution in [1.29, 1.82) is 0 Å². The van der Waals surface area contributed by atoms with Gasteiger partial charge in [-0.1, -0.05) is 58.0 Å². The van der Waals surface area contributed by atoms with Crippen LogP contribution in [0.5, 0.6) is 0 Å². The smallest absolute Gasteiger partial charge is 0.453 e. The molecular weight excluding hydrogens is 605 g/mol. The fourth-order valence-electron chi connectivity index (χ4n) is 7.37. The molecule has 4 fully saturated rings. The number of benzene rings is 1. The minimum Gasteiger partial charge on any atom is -0.453 e. The van der Waals surface area contributed by atoms with Gasteiger partial charge in [-0.15, -0.1) is 0 Å². The van der Waals surface area contributed by atoms with Crippen molar-refractivity contribution in [3.8, 4) is 0 Å². The Hall–Kier alpha value is -3.65. The summed E-state index contributed by atoms with van der Waals surface area (Å²) in [5.41, 5.74) is 5.85. The fraction of sp³-hybridized carbons (Fsp3) is 0.667. The normalized spacial score (nSPS) is 26.5. The van der Waals surface area contributed by atoms with Gasteiger partial charge in [-0.3, -0.25) is 19.2 Å². The third-order valence-electron chi connectivity index (χ3n) is 10.4. The lowest BCUT2D eigenvalue weighted by atomic mass is 9.43. The van der Waals surface area contributed by atoms with Crippen LogP contribution in [0, 0.1) is 23.2 Å². The van der Waals surface area contributed by atoms with E-state index < -0.39 is 66.5 Å². The topological polar surface area (TPSA) is 187 Å². The molecule has 1 aliphatic heterocycles. The van der Waals surface area contributed by atoms with Crippen LogP contribution in [0.25, 0.3) is 0 Å². The molecule has 4 aliphatic rings. The highest BCUT2D eigenvalue weighted by Crippen LogP contribution is 2.65. The summed E-state index contributed by atoms with van der Waals surface area (Å²) in [4.78, 5) is 64.0. The highest BCUT2D eigenvalue weighted by atomic mass is 16.7. The number of amides is 5. The maximum absolute atomic E-state index is 13.6. The molecule has 3 unspecified atom stereocenters. The number of carbonyl (C=O) groups is 5. The third kappa shape index (κ3) is 8.09. The number of hydrogen-bond acceptors (Lipinski definition) is 8. The standard InChI is InChI=1S/C33H50BN5O8/c1-18(2)27(39-31(44)45-7)30(43)37-22(15-20-11-9-8-10-12-20)29(42)36-19(3)28(41)38-25(13-14-26(35)40)34-46-24-17-21-16-23(32(21,4)5)33(24,6)47-34/h8-12,18-19,21-25,27H,13-17H2,1-7H3,(H2,35,40)(H,36,42)(H,37,43)(H,38,41)(H,39,44)/t19-,21-,22?,23?,24+,25?,27-,33-/m0/s1. The molecule has 258 valence electrons. The van der Waals surface area contributed by atoms with E-state index in [0.29, 0.717) is 11.8 Å². The number of carbonyl (C=O) groups excluding carboxylic acids is 5. The van der Waals surface area contributed by atoms with E-state index in [1.54, 1.807) is 13.8 Å². The first-order chi connectivity index (χ1) is 22.1. The zero-order chi connectivity index (χ0) is 34.7. The summed E-state index contributed by atoms with van der Waals surface area (Å²) in [5.74, 6) is -2.33. The number of nitrogens with one attached hydrogen (secondary N) is 4. The van der Waals surface area contributed by atoms with Crippen LogP contribution in [0.2, 0.25) is 0 Å². The van der Waals surface area contributed by atoms with Crippen molar-refractivity contribution in [2.24, 2.45) is 28.9 Å². The van der Waals surface area contributed by atoms with E-state index in [-0.39, 0.29) is 36.7 Å². The van der Waals surface area contributed by atoms with Gasteiger partial charge in [0.1, 0.15) is 18.1 Å². The molecule has 5 rings (SSSR count). The Balaban J connectivity index is 1.45. The summed E-state index contributed by atoms with van der Waals surface area (Å²) in [6, 6.07) is 6.07. The zero-order valence-corrected chi connectivity index (χ0v) is 28.5. The van der Waals surface area contributed by atoms with Crippen molar-refractivity contribution in [3.63, 3.8) is 0 Å². The third-order valence-corrected chi connectivity index (χ3v) is 10.4. The number of rotatable bonds is 14. The number of methoxy groups -OCH3 is 1. The van der Waals surface area contributed by atoms with Crippen LogP contribution in [-0.4, -0.2) is 79.7 Å². The van der Waals surface area contributed by atoms with Crippen molar-refractivity contribution in [2.45, 2.75) is 109 Å². The molecule has 0 spiro atoms. The molecule has 1 aromatic carbocycles. The van der Waals surface area contributed by atoms with Gasteiger partial charge in [0.05, 0.1) is 24.8 Å². The van der Waals surface area contributed by atoms with E-state index in [1.807, 2.05) is 30.3 Å². The summed E-state index contributed by atoms with van der Waals surface area (Å²) in [7, 11) is 0.412. The molecule has 1 heterocycles. The molecule has 1 aromatic rings. The van der Waals surface area contributed by atoms with Crippen LogP contribution in [-0.2, 0) is 39.6 Å². The molecule has 3 aliphatic carbocycles. The lowest BCUT2D eigenvalue weighted by Gasteiger charge is -2.64. The predicted molar refractivity (Wildman–Crippen MR) is 174 cm³/mol. The molecule has 5 amide bonds. The summed E-state index contributed by atoms with van der Waals surface area (Å²) in [6.07, 6.45) is 1.37. The number of alkyl carbamates (subject to hydrolysis) is 1. The van der Waals surface area contributed by atoms with E-state index in [2.05, 4.69) is 46.8 Å². The average Bonchev–Trinajstić information content (AvgIpc) is 3.38. The van der Waals surface area contributed by atoms with Gasteiger partial charge in [-0.2, -0.15) is 0 Å². The summed E-state index contributed by atoms with van der Waals surface area (Å²) in [5, 5.41) is 10.9. The van der Waals surface area contributed by atoms with E-state index >= 15 is 0 Å². The minimum absolute atomic E-state index is 0.00957. The Kier molecular flexibility index (Phi) is 11.3. The molecule has 47 heavy (non-hydrogen) atoms. The Morgan fingerprint density at radius 2 is 1.64 bits per heavy atom. The fourth-order valence-corrected chi connectivity index (χ4v) is 7.37. The van der Waals surface area contributed by atoms with E-state index in [4.69, 9.17) is 15.0 Å². The van der Waals surface area contributed by atoms with Crippen LogP contribution in [0.3, 0.4) is 0 Å². The van der Waals surface area contributed by atoms with Crippen LogP contribution in [0.4, 0.5) is 4.79 Å². The minimum atomic E-state index is -1.06. The Labute approximate surface area is 277 Å². The Morgan fingerprint density at radius 3 is 2.23 bits per heavy atom. The molecule has 3 saturated carbocycles. The molecule has 14 heteroatoms. The predicted octanol–water partition coefficient (Wildman–Crippen LogP) is 1.62. The second-order valence-corrected chi connectivity index (χ2v) is 14.3. The Morgan fingerprint density at radius 1 is 0.957 bits per heavy atom. The van der Waals surface area contributed by atoms with Gasteiger partial charge in [-0.05, 0) is 61.8 Å². The molecule has 2 bridgehead atoms. The average molecular weight is 656 g/mol. The molecular formula is C33H50BN5O8. The lowest BCUT2D eigenvalue weighted by molar-refractivity contribution is -0.199. The molecule has 6 N–H and O–H groups in total. The summed E-state index contributed by atoms with van der Waals surface area (Å²) < 4.78 is 17.6. The van der Waals surface area contributed by atoms with Crippen molar-refractivity contribution in [3.05, 3.63) is 35.9 Å². The van der Waals surface area contributed by atoms with E-state index in [1.165, 1.54) is 14.0 Å². The number of primary amides is 1. The van der Waals surface area contributed by atoms with Crippen molar-refractivity contribution in [1.82, 2.24) is 21.3 Å². The van der Waals surface area contributed by atoms with Gasteiger partial charge in [0.25, 0.3) is 0 Å². The SMILES string of the molecule is COC(=O)N[C@H](C(=O)NC(Cc1ccccc1)C(=O)N[C@@H](C)C(=O)NC(CCC(N)=O)B1O[C@@H]2C[C@@H]3CC(C3(C)C)[C@]2(C)O1)C(C)C. The zero-order valence-electron chi connectivity index (χ0n) is 28.5. The number of hydrogen-bond donors (Lipinski definition) is 5. The van der Waals surface area contributed by atoms with E-state index in [0.717, 1.165) is 18.4 Å². The molecule has 8 atom stereocenters. The highest BCUT2D eigenvalue weighted by Gasteiger charge is 2.68. The molecule has 1 saturated heterocycles. The van der Waals surface area contributed by atoms with Crippen LogP contribution >= 0.6 is 0 Å². The largest absolute Gasteiger partial charge is 0.481 e. The van der Waals surface area contributed by atoms with Crippen molar-refractivity contribution in [2.75, 3.05) is 7.11 Å². The maximum atomic E-state index is 13.6. The second kappa shape index (κ2) is 14.6. The van der Waals surface area contributed by atoms with Gasteiger partial charge in [0.15, 0.2) is 0 Å². The first-order valence-electron chi connectivity index (χ1n) is 16.5. The molecule has 13 nitrogen and oxygen atoms in total. The van der Waals surface area contributed by atoms with Crippen LogP contribution < -0.4 is 27.0 Å². The summed E-state index contributed by atoms with van der Waals surface area (Å²) >= 11 is 0. The maximum Gasteiger partial charge on any atom is 0.481 e. The van der Waals surface area contributed by atoms with E-state index in [9.17, 15) is 24.0 Å². The van der Waals surface area contributed by atoms with Crippen LogP contribution in [0.1, 0.15) is 72.8 Å². The second-order valence-electron chi connectivity index (χ2n) is 14.3. The molecule has 0 radical (unpaired) electrons. The van der Waals surface area contributed by atoms with Gasteiger partial charge < -0.3 is 41.0 Å². The summed E-state index contributed by atoms with van der Waals surface area (Å²) in [6.45, 7) is 11.6. The first kappa shape index (κ1) is 36.2. The van der Waals surface area contributed by atoms with Gasteiger partial charge in [-0.25, -0.2) is 4.79 Å². The van der Waals surface area contributed by atoms with Gasteiger partial charge >= 0.3 is 13.2 Å². The molecule has 0 aromatic heterocycles. The number of nitrogens with two attached hydrogens (primary N) is 1. The van der Waals surface area contributed by atoms with Gasteiger partial charge in [0.2, 0.25) is 23.6 Å². The number of ether oxygens (including phenoxy) is 1.